The molecule has 0 saturated heterocycles. The van der Waals surface area contributed by atoms with Gasteiger partial charge in [-0.25, -0.2) is 4.98 Å². The number of nitrogens with zero attached hydrogens (tertiary/aromatic N) is 2. The van der Waals surface area contributed by atoms with E-state index < -0.39 is 0 Å². The van der Waals surface area contributed by atoms with Gasteiger partial charge >= 0.3 is 0 Å². The Kier molecular flexibility index (Phi) is 4.39. The molecule has 0 spiro atoms. The molecule has 2 aromatic carbocycles. The number of halogens is 1. The van der Waals surface area contributed by atoms with Crippen LogP contribution in [-0.4, -0.2) is 16.8 Å². The first kappa shape index (κ1) is 15.7. The molecule has 4 rings (SSSR count). The molecule has 25 heavy (non-hydrogen) atoms. The van der Waals surface area contributed by atoms with Crippen LogP contribution < -0.4 is 20.1 Å². The predicted octanol–water partition coefficient (Wildman–Crippen LogP) is 4.32. The highest BCUT2D eigenvalue weighted by Gasteiger charge is 2.13. The molecule has 2 heterocycles. The Morgan fingerprint density at radius 1 is 1.04 bits per heavy atom. The molecular weight excluding hydrogens is 384 g/mol. The lowest BCUT2D eigenvalue weighted by molar-refractivity contribution is 0.174. The van der Waals surface area contributed by atoms with Crippen LogP contribution in [0.2, 0.25) is 0 Å². The first-order chi connectivity index (χ1) is 12.3. The molecule has 6 nitrogen and oxygen atoms in total. The van der Waals surface area contributed by atoms with Gasteiger partial charge in [0, 0.05) is 22.9 Å². The summed E-state index contributed by atoms with van der Waals surface area (Å²) in [6.07, 6.45) is 1.72. The molecule has 126 valence electrons. The van der Waals surface area contributed by atoms with Gasteiger partial charge in [-0.3, -0.25) is 0 Å². The number of hydrogen-bond acceptors (Lipinski definition) is 6. The van der Waals surface area contributed by atoms with E-state index in [1.54, 1.807) is 6.20 Å². The summed E-state index contributed by atoms with van der Waals surface area (Å²) in [5.41, 5.74) is 2.02. The first-order valence-electron chi connectivity index (χ1n) is 7.74. The van der Waals surface area contributed by atoms with Crippen molar-refractivity contribution < 1.29 is 9.47 Å². The molecule has 7 heteroatoms. The van der Waals surface area contributed by atoms with Crippen LogP contribution >= 0.6 is 15.9 Å². The van der Waals surface area contributed by atoms with E-state index in [0.717, 1.165) is 33.0 Å². The highest BCUT2D eigenvalue weighted by molar-refractivity contribution is 9.10. The molecule has 2 N–H and O–H groups in total. The minimum Gasteiger partial charge on any atom is -0.454 e. The maximum atomic E-state index is 5.39. The van der Waals surface area contributed by atoms with Crippen LogP contribution in [0.5, 0.6) is 11.5 Å². The van der Waals surface area contributed by atoms with E-state index >= 15 is 0 Å². The van der Waals surface area contributed by atoms with Gasteiger partial charge in [0.05, 0.1) is 0 Å². The van der Waals surface area contributed by atoms with Gasteiger partial charge in [0.1, 0.15) is 5.82 Å². The SMILES string of the molecule is Brc1cccc(Nc2ccnc(NCc3ccc4c(c3)OCO4)n2)c1. The molecule has 3 aromatic rings. The largest absolute Gasteiger partial charge is 0.454 e. The fourth-order valence-electron chi connectivity index (χ4n) is 2.46. The molecule has 1 aliphatic rings. The van der Waals surface area contributed by atoms with E-state index in [1.165, 1.54) is 0 Å². The summed E-state index contributed by atoms with van der Waals surface area (Å²) in [5.74, 6) is 2.82. The monoisotopic (exact) mass is 398 g/mol. The van der Waals surface area contributed by atoms with Gasteiger partial charge in [0.25, 0.3) is 0 Å². The van der Waals surface area contributed by atoms with Crippen molar-refractivity contribution in [2.45, 2.75) is 6.54 Å². The van der Waals surface area contributed by atoms with Crippen LogP contribution in [0.25, 0.3) is 0 Å². The number of benzene rings is 2. The van der Waals surface area contributed by atoms with E-state index in [1.807, 2.05) is 48.5 Å². The van der Waals surface area contributed by atoms with Gasteiger partial charge in [-0.15, -0.1) is 0 Å². The zero-order chi connectivity index (χ0) is 17.1. The van der Waals surface area contributed by atoms with Crippen molar-refractivity contribution >= 4 is 33.4 Å². The van der Waals surface area contributed by atoms with Crippen molar-refractivity contribution in [2.75, 3.05) is 17.4 Å². The average Bonchev–Trinajstić information content (AvgIpc) is 3.08. The molecule has 1 aliphatic heterocycles. The maximum Gasteiger partial charge on any atom is 0.231 e. The lowest BCUT2D eigenvalue weighted by Gasteiger charge is -2.09. The summed E-state index contributed by atoms with van der Waals surface area (Å²) >= 11 is 3.46. The minimum absolute atomic E-state index is 0.276. The smallest absolute Gasteiger partial charge is 0.231 e. The van der Waals surface area contributed by atoms with Gasteiger partial charge < -0.3 is 20.1 Å². The topological polar surface area (TPSA) is 68.3 Å². The third-order valence-electron chi connectivity index (χ3n) is 3.64. The first-order valence-corrected chi connectivity index (χ1v) is 8.54. The zero-order valence-electron chi connectivity index (χ0n) is 13.2. The molecule has 0 unspecified atom stereocenters. The van der Waals surface area contributed by atoms with Gasteiger partial charge in [-0.1, -0.05) is 28.1 Å². The van der Waals surface area contributed by atoms with Crippen LogP contribution in [-0.2, 0) is 6.54 Å². The van der Waals surface area contributed by atoms with Gasteiger partial charge in [-0.2, -0.15) is 4.98 Å². The average molecular weight is 399 g/mol. The van der Waals surface area contributed by atoms with Crippen molar-refractivity contribution in [3.8, 4) is 11.5 Å². The summed E-state index contributed by atoms with van der Waals surface area (Å²) in [7, 11) is 0. The Morgan fingerprint density at radius 3 is 2.88 bits per heavy atom. The van der Waals surface area contributed by atoms with E-state index in [4.69, 9.17) is 9.47 Å². The number of ether oxygens (including phenoxy) is 2. The van der Waals surface area contributed by atoms with Crippen molar-refractivity contribution in [1.82, 2.24) is 9.97 Å². The molecule has 0 amide bonds. The van der Waals surface area contributed by atoms with Crippen LogP contribution in [0, 0.1) is 0 Å². The number of fused-ring (bicyclic) bond motifs is 1. The van der Waals surface area contributed by atoms with Gasteiger partial charge in [-0.05, 0) is 42.0 Å². The Labute approximate surface area is 153 Å². The van der Waals surface area contributed by atoms with Crippen molar-refractivity contribution in [2.24, 2.45) is 0 Å². The molecule has 0 radical (unpaired) electrons. The highest BCUT2D eigenvalue weighted by Crippen LogP contribution is 2.32. The quantitative estimate of drug-likeness (QED) is 0.666. The highest BCUT2D eigenvalue weighted by atomic mass is 79.9. The van der Waals surface area contributed by atoms with E-state index in [0.29, 0.717) is 12.5 Å². The standard InChI is InChI=1S/C18H15BrN4O2/c19-13-2-1-3-14(9-13)22-17-6-7-20-18(23-17)21-10-12-4-5-15-16(8-12)25-11-24-15/h1-9H,10-11H2,(H2,20,21,22,23). The molecule has 0 saturated carbocycles. The second-order valence-corrected chi connectivity index (χ2v) is 6.36. The lowest BCUT2D eigenvalue weighted by Crippen LogP contribution is -2.05. The Bertz CT molecular complexity index is 904. The van der Waals surface area contributed by atoms with Gasteiger partial charge in [0.15, 0.2) is 11.5 Å². The third-order valence-corrected chi connectivity index (χ3v) is 4.13. The second kappa shape index (κ2) is 6.98. The number of hydrogen-bond donors (Lipinski definition) is 2. The van der Waals surface area contributed by atoms with Crippen LogP contribution in [0.15, 0.2) is 59.2 Å². The second-order valence-electron chi connectivity index (χ2n) is 5.44. The van der Waals surface area contributed by atoms with Crippen molar-refractivity contribution in [3.63, 3.8) is 0 Å². The van der Waals surface area contributed by atoms with E-state index in [9.17, 15) is 0 Å². The minimum atomic E-state index is 0.276. The number of aromatic nitrogens is 2. The van der Waals surface area contributed by atoms with E-state index in [-0.39, 0.29) is 6.79 Å². The van der Waals surface area contributed by atoms with Crippen molar-refractivity contribution in [3.05, 3.63) is 64.8 Å². The van der Waals surface area contributed by atoms with Crippen LogP contribution in [0.4, 0.5) is 17.5 Å². The molecule has 0 aliphatic carbocycles. The lowest BCUT2D eigenvalue weighted by atomic mass is 10.2. The molecule has 1 aromatic heterocycles. The normalized spacial score (nSPS) is 12.0. The predicted molar refractivity (Wildman–Crippen MR) is 99.3 cm³/mol. The molecular formula is C18H15BrN4O2. The fraction of sp³-hybridized carbons (Fsp3) is 0.111. The van der Waals surface area contributed by atoms with E-state index in [2.05, 4.69) is 36.5 Å². The van der Waals surface area contributed by atoms with Crippen LogP contribution in [0.3, 0.4) is 0 Å². The maximum absolute atomic E-state index is 5.39. The van der Waals surface area contributed by atoms with Gasteiger partial charge in [0.2, 0.25) is 12.7 Å². The summed E-state index contributed by atoms with van der Waals surface area (Å²) < 4.78 is 11.7. The summed E-state index contributed by atoms with van der Waals surface area (Å²) in [4.78, 5) is 8.74. The third kappa shape index (κ3) is 3.83. The molecule has 0 bridgehead atoms. The molecule has 0 fully saturated rings. The fourth-order valence-corrected chi connectivity index (χ4v) is 2.86. The van der Waals surface area contributed by atoms with Crippen LogP contribution in [0.1, 0.15) is 5.56 Å². The Balaban J connectivity index is 1.43. The number of rotatable bonds is 5. The molecule has 0 atom stereocenters. The number of nitrogens with one attached hydrogen (secondary N) is 2. The summed E-state index contributed by atoms with van der Waals surface area (Å²) in [5, 5.41) is 6.48. The zero-order valence-corrected chi connectivity index (χ0v) is 14.8. The van der Waals surface area contributed by atoms with Crippen molar-refractivity contribution in [1.29, 1.82) is 0 Å². The Morgan fingerprint density at radius 2 is 1.96 bits per heavy atom. The number of anilines is 3. The summed E-state index contributed by atoms with van der Waals surface area (Å²) in [6.45, 7) is 0.871. The summed E-state index contributed by atoms with van der Waals surface area (Å²) in [6, 6.07) is 15.6. The Hall–Kier alpha value is -2.80.